The van der Waals surface area contributed by atoms with E-state index in [0.29, 0.717) is 11.1 Å². The van der Waals surface area contributed by atoms with E-state index in [9.17, 15) is 5.26 Å². The van der Waals surface area contributed by atoms with Crippen LogP contribution in [0.3, 0.4) is 0 Å². The molecule has 3 aromatic rings. The van der Waals surface area contributed by atoms with E-state index in [1.165, 1.54) is 5.69 Å². The van der Waals surface area contributed by atoms with Gasteiger partial charge in [0.15, 0.2) is 0 Å². The van der Waals surface area contributed by atoms with E-state index in [0.717, 1.165) is 22.3 Å². The first-order chi connectivity index (χ1) is 13.1. The molecular weight excluding hydrogens is 330 g/mol. The lowest BCUT2D eigenvalue weighted by Crippen LogP contribution is -2.07. The number of benzene rings is 3. The molecule has 0 saturated carbocycles. The van der Waals surface area contributed by atoms with Crippen LogP contribution in [0, 0.1) is 22.7 Å². The standard InChI is InChI=1S/C24H19N3/c1-27(2)24-13-11-21(12-14-24)20-7-3-18(4-8-20)15-23(17-26)22-9-5-19(16-25)6-10-22/h3-15H,1-2H3/b23-15+. The summed E-state index contributed by atoms with van der Waals surface area (Å²) in [5.41, 5.74) is 6.38. The number of nitriles is 2. The van der Waals surface area contributed by atoms with Crippen molar-refractivity contribution in [3.05, 3.63) is 89.5 Å². The van der Waals surface area contributed by atoms with E-state index in [1.807, 2.05) is 32.3 Å². The molecule has 0 heterocycles. The molecule has 0 saturated heterocycles. The van der Waals surface area contributed by atoms with Gasteiger partial charge in [-0.1, -0.05) is 48.5 Å². The summed E-state index contributed by atoms with van der Waals surface area (Å²) in [7, 11) is 4.05. The zero-order valence-corrected chi connectivity index (χ0v) is 15.3. The zero-order valence-electron chi connectivity index (χ0n) is 15.3. The van der Waals surface area contributed by atoms with Crippen LogP contribution in [-0.4, -0.2) is 14.1 Å². The van der Waals surface area contributed by atoms with Crippen LogP contribution < -0.4 is 4.90 Å². The van der Waals surface area contributed by atoms with Crippen LogP contribution in [0.15, 0.2) is 72.8 Å². The van der Waals surface area contributed by atoms with Crippen molar-refractivity contribution < 1.29 is 0 Å². The molecule has 27 heavy (non-hydrogen) atoms. The minimum absolute atomic E-state index is 0.572. The van der Waals surface area contributed by atoms with E-state index in [1.54, 1.807) is 24.3 Å². The fourth-order valence-corrected chi connectivity index (χ4v) is 2.79. The Morgan fingerprint density at radius 1 is 0.778 bits per heavy atom. The molecule has 3 rings (SSSR count). The molecule has 3 aromatic carbocycles. The van der Waals surface area contributed by atoms with Crippen LogP contribution in [0.1, 0.15) is 16.7 Å². The minimum atomic E-state index is 0.572. The molecule has 0 atom stereocenters. The van der Waals surface area contributed by atoms with E-state index >= 15 is 0 Å². The van der Waals surface area contributed by atoms with Crippen LogP contribution in [0.4, 0.5) is 5.69 Å². The molecule has 0 aliphatic carbocycles. The van der Waals surface area contributed by atoms with Gasteiger partial charge >= 0.3 is 0 Å². The molecule has 0 aliphatic heterocycles. The fourth-order valence-electron chi connectivity index (χ4n) is 2.79. The van der Waals surface area contributed by atoms with Crippen molar-refractivity contribution in [1.29, 1.82) is 10.5 Å². The van der Waals surface area contributed by atoms with Crippen LogP contribution in [0.5, 0.6) is 0 Å². The summed E-state index contributed by atoms with van der Waals surface area (Å²) in [6.07, 6.45) is 1.86. The second-order valence-electron chi connectivity index (χ2n) is 6.42. The van der Waals surface area contributed by atoms with Gasteiger partial charge in [0.1, 0.15) is 0 Å². The summed E-state index contributed by atoms with van der Waals surface area (Å²) < 4.78 is 0. The van der Waals surface area contributed by atoms with Gasteiger partial charge in [-0.3, -0.25) is 0 Å². The number of rotatable bonds is 4. The maximum absolute atomic E-state index is 9.48. The lowest BCUT2D eigenvalue weighted by molar-refractivity contribution is 1.13. The fraction of sp³-hybridized carbons (Fsp3) is 0.0833. The Labute approximate surface area is 160 Å². The van der Waals surface area contributed by atoms with Gasteiger partial charge in [-0.2, -0.15) is 10.5 Å². The van der Waals surface area contributed by atoms with Crippen LogP contribution >= 0.6 is 0 Å². The first-order valence-corrected chi connectivity index (χ1v) is 8.61. The molecule has 3 heteroatoms. The summed E-state index contributed by atoms with van der Waals surface area (Å²) in [6, 6.07) is 27.9. The molecule has 0 amide bonds. The topological polar surface area (TPSA) is 50.8 Å². The molecule has 0 N–H and O–H groups in total. The summed E-state index contributed by atoms with van der Waals surface area (Å²) in [6.45, 7) is 0. The molecule has 0 radical (unpaired) electrons. The Hall–Kier alpha value is -3.82. The second-order valence-corrected chi connectivity index (χ2v) is 6.42. The van der Waals surface area contributed by atoms with Gasteiger partial charge in [-0.25, -0.2) is 0 Å². The van der Waals surface area contributed by atoms with E-state index < -0.39 is 0 Å². The van der Waals surface area contributed by atoms with Gasteiger partial charge in [0.2, 0.25) is 0 Å². The minimum Gasteiger partial charge on any atom is -0.378 e. The van der Waals surface area contributed by atoms with Crippen molar-refractivity contribution in [2.45, 2.75) is 0 Å². The third-order valence-electron chi connectivity index (χ3n) is 4.38. The van der Waals surface area contributed by atoms with Crippen molar-refractivity contribution in [2.75, 3.05) is 19.0 Å². The summed E-state index contributed by atoms with van der Waals surface area (Å²) >= 11 is 0. The lowest BCUT2D eigenvalue weighted by Gasteiger charge is -2.12. The van der Waals surface area contributed by atoms with Crippen LogP contribution in [-0.2, 0) is 0 Å². The van der Waals surface area contributed by atoms with Gasteiger partial charge < -0.3 is 4.90 Å². The summed E-state index contributed by atoms with van der Waals surface area (Å²) in [5, 5.41) is 18.4. The highest BCUT2D eigenvalue weighted by molar-refractivity contribution is 5.89. The normalized spacial score (nSPS) is 10.7. The lowest BCUT2D eigenvalue weighted by atomic mass is 10.00. The van der Waals surface area contributed by atoms with Gasteiger partial charge in [0.25, 0.3) is 0 Å². The quantitative estimate of drug-likeness (QED) is 0.471. The van der Waals surface area contributed by atoms with E-state index in [4.69, 9.17) is 5.26 Å². The molecule has 0 aromatic heterocycles. The Bertz CT molecular complexity index is 1030. The number of hydrogen-bond donors (Lipinski definition) is 0. The predicted octanol–water partition coefficient (Wildman–Crippen LogP) is 5.36. The van der Waals surface area contributed by atoms with Crippen molar-refractivity contribution in [1.82, 2.24) is 0 Å². The maximum atomic E-state index is 9.48. The third kappa shape index (κ3) is 4.24. The molecule has 130 valence electrons. The Kier molecular flexibility index (Phi) is 5.36. The highest BCUT2D eigenvalue weighted by atomic mass is 15.1. The second kappa shape index (κ2) is 8.04. The molecule has 0 bridgehead atoms. The zero-order chi connectivity index (χ0) is 19.2. The first kappa shape index (κ1) is 18.0. The molecule has 0 unspecified atom stereocenters. The molecular formula is C24H19N3. The van der Waals surface area contributed by atoms with E-state index in [2.05, 4.69) is 53.4 Å². The Morgan fingerprint density at radius 2 is 1.33 bits per heavy atom. The summed E-state index contributed by atoms with van der Waals surface area (Å²) in [4.78, 5) is 2.07. The monoisotopic (exact) mass is 349 g/mol. The predicted molar refractivity (Wildman–Crippen MR) is 111 cm³/mol. The molecule has 0 spiro atoms. The number of hydrogen-bond acceptors (Lipinski definition) is 3. The number of anilines is 1. The maximum Gasteiger partial charge on any atom is 0.0998 e. The van der Waals surface area contributed by atoms with Crippen molar-refractivity contribution >= 4 is 17.3 Å². The van der Waals surface area contributed by atoms with Crippen LogP contribution in [0.2, 0.25) is 0 Å². The molecule has 0 fully saturated rings. The number of nitrogens with zero attached hydrogens (tertiary/aromatic N) is 3. The van der Waals surface area contributed by atoms with Crippen LogP contribution in [0.25, 0.3) is 22.8 Å². The van der Waals surface area contributed by atoms with Gasteiger partial charge in [0, 0.05) is 19.8 Å². The average molecular weight is 349 g/mol. The van der Waals surface area contributed by atoms with Gasteiger partial charge in [-0.15, -0.1) is 0 Å². The SMILES string of the molecule is CN(C)c1ccc(-c2ccc(/C=C(\C#N)c3ccc(C#N)cc3)cc2)cc1. The Balaban J connectivity index is 1.84. The third-order valence-corrected chi connectivity index (χ3v) is 4.38. The highest BCUT2D eigenvalue weighted by Gasteiger charge is 2.03. The van der Waals surface area contributed by atoms with E-state index in [-0.39, 0.29) is 0 Å². The van der Waals surface area contributed by atoms with Crippen molar-refractivity contribution in [2.24, 2.45) is 0 Å². The average Bonchev–Trinajstić information content (AvgIpc) is 2.72. The first-order valence-electron chi connectivity index (χ1n) is 8.61. The molecule has 0 aliphatic rings. The Morgan fingerprint density at radius 3 is 1.81 bits per heavy atom. The van der Waals surface area contributed by atoms with Gasteiger partial charge in [0.05, 0.1) is 23.3 Å². The summed E-state index contributed by atoms with van der Waals surface area (Å²) in [5.74, 6) is 0. The largest absolute Gasteiger partial charge is 0.378 e. The van der Waals surface area contributed by atoms with Gasteiger partial charge in [-0.05, 0) is 52.6 Å². The number of allylic oxidation sites excluding steroid dienone is 1. The highest BCUT2D eigenvalue weighted by Crippen LogP contribution is 2.24. The molecule has 3 nitrogen and oxygen atoms in total. The van der Waals surface area contributed by atoms with Crippen molar-refractivity contribution in [3.63, 3.8) is 0 Å². The van der Waals surface area contributed by atoms with Crippen molar-refractivity contribution in [3.8, 4) is 23.3 Å². The smallest absolute Gasteiger partial charge is 0.0998 e.